The molecule has 4 aliphatic rings. The Morgan fingerprint density at radius 1 is 0.925 bits per heavy atom. The number of ketones is 1. The van der Waals surface area contributed by atoms with Gasteiger partial charge in [-0.15, -0.1) is 0 Å². The van der Waals surface area contributed by atoms with Gasteiger partial charge in [0.25, 0.3) is 0 Å². The van der Waals surface area contributed by atoms with E-state index in [0.29, 0.717) is 23.8 Å². The number of anilines is 1. The topological polar surface area (TPSA) is 65.8 Å². The Bertz CT molecular complexity index is 1480. The molecule has 2 fully saturated rings. The van der Waals surface area contributed by atoms with Crippen LogP contribution in [0.15, 0.2) is 36.4 Å². The number of nitrogens with zero attached hydrogens (tertiary/aromatic N) is 3. The van der Waals surface area contributed by atoms with Crippen LogP contribution in [0.5, 0.6) is 0 Å². The van der Waals surface area contributed by atoms with Crippen LogP contribution in [0.1, 0.15) is 92.1 Å². The molecule has 0 radical (unpaired) electrons. The SMILES string of the molecule is CC1(C(=O)CN2CCCCC2)CN2CCCn3c(c(C4CCCCC4)c4ccc(C(=O)O)cc43)-c3cccc1c32. The second-order valence-electron chi connectivity index (χ2n) is 12.9. The van der Waals surface area contributed by atoms with Crippen LogP contribution < -0.4 is 4.90 Å². The molecule has 7 rings (SSSR count). The Morgan fingerprint density at radius 2 is 1.70 bits per heavy atom. The van der Waals surface area contributed by atoms with Crippen molar-refractivity contribution in [2.24, 2.45) is 0 Å². The molecular formula is C34H41N3O3. The van der Waals surface area contributed by atoms with Crippen molar-refractivity contribution < 1.29 is 14.7 Å². The van der Waals surface area contributed by atoms with E-state index >= 15 is 0 Å². The van der Waals surface area contributed by atoms with Crippen LogP contribution in [0, 0.1) is 0 Å². The monoisotopic (exact) mass is 539 g/mol. The van der Waals surface area contributed by atoms with E-state index in [1.54, 1.807) is 6.07 Å². The third-order valence-electron chi connectivity index (χ3n) is 10.3. The number of aromatic carboxylic acids is 1. The average Bonchev–Trinajstić information content (AvgIpc) is 3.45. The number of carboxylic acid groups (broad SMARTS) is 1. The smallest absolute Gasteiger partial charge is 0.335 e. The summed E-state index contributed by atoms with van der Waals surface area (Å²) >= 11 is 0. The quantitative estimate of drug-likeness (QED) is 0.396. The predicted molar refractivity (Wildman–Crippen MR) is 160 cm³/mol. The van der Waals surface area contributed by atoms with E-state index in [0.717, 1.165) is 44.7 Å². The van der Waals surface area contributed by atoms with Crippen molar-refractivity contribution in [1.29, 1.82) is 0 Å². The Balaban J connectivity index is 1.41. The summed E-state index contributed by atoms with van der Waals surface area (Å²) in [5.74, 6) is -0.0635. The first-order chi connectivity index (χ1) is 19.5. The minimum Gasteiger partial charge on any atom is -0.478 e. The number of piperidine rings is 1. The van der Waals surface area contributed by atoms with Gasteiger partial charge >= 0.3 is 5.97 Å². The zero-order valence-corrected chi connectivity index (χ0v) is 23.8. The molecule has 4 heterocycles. The van der Waals surface area contributed by atoms with Gasteiger partial charge in [-0.2, -0.15) is 0 Å². The van der Waals surface area contributed by atoms with Crippen molar-refractivity contribution in [3.05, 3.63) is 53.1 Å². The number of benzene rings is 2. The first-order valence-corrected chi connectivity index (χ1v) is 15.5. The van der Waals surface area contributed by atoms with E-state index in [-0.39, 0.29) is 0 Å². The normalized spacial score (nSPS) is 23.5. The van der Waals surface area contributed by atoms with Crippen LogP contribution in [-0.4, -0.2) is 59.0 Å². The highest BCUT2D eigenvalue weighted by molar-refractivity contribution is 6.02. The molecule has 6 nitrogen and oxygen atoms in total. The van der Waals surface area contributed by atoms with Crippen LogP contribution >= 0.6 is 0 Å². The van der Waals surface area contributed by atoms with Gasteiger partial charge in [0.15, 0.2) is 5.78 Å². The Kier molecular flexibility index (Phi) is 6.49. The lowest BCUT2D eigenvalue weighted by Gasteiger charge is -2.31. The molecule has 1 saturated carbocycles. The number of carbonyl (C=O) groups excluding carboxylic acids is 1. The molecule has 1 unspecified atom stereocenters. The average molecular weight is 540 g/mol. The summed E-state index contributed by atoms with van der Waals surface area (Å²) in [6.07, 6.45) is 10.7. The Hall–Kier alpha value is -3.12. The van der Waals surface area contributed by atoms with E-state index in [1.807, 2.05) is 6.07 Å². The Morgan fingerprint density at radius 3 is 2.48 bits per heavy atom. The third kappa shape index (κ3) is 4.09. The van der Waals surface area contributed by atoms with Crippen LogP contribution in [-0.2, 0) is 16.8 Å². The number of fused-ring (bicyclic) bond motifs is 4. The predicted octanol–water partition coefficient (Wildman–Crippen LogP) is 6.59. The van der Waals surface area contributed by atoms with E-state index in [9.17, 15) is 14.7 Å². The zero-order valence-electron chi connectivity index (χ0n) is 23.8. The van der Waals surface area contributed by atoms with Gasteiger partial charge in [-0.3, -0.25) is 9.69 Å². The summed E-state index contributed by atoms with van der Waals surface area (Å²) < 4.78 is 2.42. The molecule has 0 amide bonds. The van der Waals surface area contributed by atoms with Crippen LogP contribution in [0.25, 0.3) is 22.2 Å². The summed E-state index contributed by atoms with van der Waals surface area (Å²) in [5, 5.41) is 11.0. The highest BCUT2D eigenvalue weighted by atomic mass is 16.4. The van der Waals surface area contributed by atoms with Gasteiger partial charge in [0.1, 0.15) is 0 Å². The largest absolute Gasteiger partial charge is 0.478 e. The van der Waals surface area contributed by atoms with Gasteiger partial charge in [0.05, 0.1) is 28.9 Å². The second kappa shape index (κ2) is 10.1. The maximum Gasteiger partial charge on any atom is 0.335 e. The number of hydrogen-bond acceptors (Lipinski definition) is 4. The standard InChI is InChI=1S/C34H41N3O3/c1-34(29(38)21-35-16-6-3-7-17-35)22-36-18-9-19-37-28-20-24(33(39)40)14-15-25(28)30(23-10-4-2-5-11-23)32(37)26-12-8-13-27(34)31(26)36/h8,12-15,20,23H,2-7,9-11,16-19,21-22H2,1H3,(H,39,40). The molecule has 1 N–H and O–H groups in total. The molecule has 40 heavy (non-hydrogen) atoms. The van der Waals surface area contributed by atoms with Gasteiger partial charge in [0, 0.05) is 36.1 Å². The van der Waals surface area contributed by atoms with Gasteiger partial charge in [0.2, 0.25) is 0 Å². The lowest BCUT2D eigenvalue weighted by atomic mass is 9.78. The molecule has 6 heteroatoms. The number of aromatic nitrogens is 1. The summed E-state index contributed by atoms with van der Waals surface area (Å²) in [6, 6.07) is 12.3. The molecule has 1 aromatic heterocycles. The fraction of sp³-hybridized carbons (Fsp3) is 0.529. The van der Waals surface area contributed by atoms with Gasteiger partial charge < -0.3 is 14.6 Å². The lowest BCUT2D eigenvalue weighted by molar-refractivity contribution is -0.125. The molecule has 3 aromatic rings. The van der Waals surface area contributed by atoms with Crippen LogP contribution in [0.4, 0.5) is 5.69 Å². The van der Waals surface area contributed by atoms with Crippen LogP contribution in [0.2, 0.25) is 0 Å². The number of aryl methyl sites for hydroxylation is 1. The molecular weight excluding hydrogens is 498 g/mol. The van der Waals surface area contributed by atoms with Crippen molar-refractivity contribution in [2.75, 3.05) is 37.6 Å². The van der Waals surface area contributed by atoms with Crippen molar-refractivity contribution in [3.63, 3.8) is 0 Å². The molecule has 0 spiro atoms. The van der Waals surface area contributed by atoms with E-state index < -0.39 is 11.4 Å². The number of Topliss-reactive ketones (excluding diaryl/α,β-unsaturated/α-hetero) is 1. The number of para-hydroxylation sites is 1. The van der Waals surface area contributed by atoms with E-state index in [4.69, 9.17) is 0 Å². The lowest BCUT2D eigenvalue weighted by Crippen LogP contribution is -2.45. The molecule has 1 atom stereocenters. The van der Waals surface area contributed by atoms with Crippen molar-refractivity contribution in [2.45, 2.75) is 82.6 Å². The number of carbonyl (C=O) groups is 2. The minimum atomic E-state index is -0.878. The first kappa shape index (κ1) is 25.8. The summed E-state index contributed by atoms with van der Waals surface area (Å²) in [5.41, 5.74) is 7.16. The molecule has 0 bridgehead atoms. The third-order valence-corrected chi connectivity index (χ3v) is 10.3. The highest BCUT2D eigenvalue weighted by Crippen LogP contribution is 2.52. The first-order valence-electron chi connectivity index (χ1n) is 15.5. The van der Waals surface area contributed by atoms with Crippen LogP contribution in [0.3, 0.4) is 0 Å². The maximum atomic E-state index is 14.0. The summed E-state index contributed by atoms with van der Waals surface area (Å²) in [4.78, 5) is 30.9. The van der Waals surface area contributed by atoms with Crippen molar-refractivity contribution >= 4 is 28.3 Å². The maximum absolute atomic E-state index is 14.0. The molecule has 1 saturated heterocycles. The number of likely N-dealkylation sites (tertiary alicyclic amines) is 1. The second-order valence-corrected chi connectivity index (χ2v) is 12.9. The number of carboxylic acids is 1. The fourth-order valence-electron chi connectivity index (χ4n) is 8.25. The zero-order chi connectivity index (χ0) is 27.4. The Labute approximate surface area is 237 Å². The van der Waals surface area contributed by atoms with Gasteiger partial charge in [-0.05, 0) is 81.3 Å². The van der Waals surface area contributed by atoms with Gasteiger partial charge in [-0.25, -0.2) is 4.79 Å². The molecule has 3 aliphatic heterocycles. The summed E-state index contributed by atoms with van der Waals surface area (Å²) in [6.45, 7) is 7.26. The molecule has 210 valence electrons. The number of rotatable bonds is 5. The van der Waals surface area contributed by atoms with E-state index in [2.05, 4.69) is 45.6 Å². The minimum absolute atomic E-state index is 0.341. The molecule has 2 aromatic carbocycles. The van der Waals surface area contributed by atoms with Crippen molar-refractivity contribution in [1.82, 2.24) is 9.47 Å². The van der Waals surface area contributed by atoms with E-state index in [1.165, 1.54) is 84.8 Å². The summed E-state index contributed by atoms with van der Waals surface area (Å²) in [7, 11) is 0. The highest BCUT2D eigenvalue weighted by Gasteiger charge is 2.46. The molecule has 1 aliphatic carbocycles. The number of hydrogen-bond donors (Lipinski definition) is 1. The fourth-order valence-corrected chi connectivity index (χ4v) is 8.25. The van der Waals surface area contributed by atoms with Crippen molar-refractivity contribution in [3.8, 4) is 11.3 Å². The van der Waals surface area contributed by atoms with Gasteiger partial charge in [-0.1, -0.05) is 49.9 Å².